The van der Waals surface area contributed by atoms with Crippen LogP contribution in [0, 0.1) is 11.8 Å². The van der Waals surface area contributed by atoms with Crippen LogP contribution in [-0.2, 0) is 11.2 Å². The molecule has 0 aromatic carbocycles. The van der Waals surface area contributed by atoms with Gasteiger partial charge in [-0.3, -0.25) is 0 Å². The maximum atomic E-state index is 11.8. The third kappa shape index (κ3) is 8.20. The second-order valence-electron chi connectivity index (χ2n) is 8.22. The van der Waals surface area contributed by atoms with Gasteiger partial charge in [0, 0.05) is 10.3 Å². The third-order valence-corrected chi connectivity index (χ3v) is 7.64. The highest BCUT2D eigenvalue weighted by Gasteiger charge is 2.40. The van der Waals surface area contributed by atoms with E-state index in [9.17, 15) is 9.90 Å². The quantitative estimate of drug-likeness (QED) is 0.223. The van der Waals surface area contributed by atoms with Gasteiger partial charge < -0.3 is 14.9 Å². The standard InChI is InChI=1S/C23H37ClO4S/c1-2-3-4-5-6-7-10-19-18(20(24)16-21(19)26)11-8-9-17-12-13-22(29-17)23(27)28-15-14-25/h12-13,18-21,25-26H,2-11,14-16H2,1H3/t18-,19?,20?,21-/m1/s1. The van der Waals surface area contributed by atoms with Gasteiger partial charge in [-0.1, -0.05) is 45.4 Å². The van der Waals surface area contributed by atoms with E-state index in [0.29, 0.717) is 23.1 Å². The molecule has 1 aliphatic carbocycles. The van der Waals surface area contributed by atoms with Crippen molar-refractivity contribution in [2.24, 2.45) is 11.8 Å². The Bertz CT molecular complexity index is 591. The molecular weight excluding hydrogens is 408 g/mol. The molecule has 1 fully saturated rings. The van der Waals surface area contributed by atoms with E-state index in [2.05, 4.69) is 6.92 Å². The average molecular weight is 445 g/mol. The van der Waals surface area contributed by atoms with Crippen molar-refractivity contribution in [2.75, 3.05) is 13.2 Å². The van der Waals surface area contributed by atoms with Crippen molar-refractivity contribution in [3.63, 3.8) is 0 Å². The van der Waals surface area contributed by atoms with Crippen LogP contribution < -0.4 is 0 Å². The summed E-state index contributed by atoms with van der Waals surface area (Å²) in [6.07, 6.45) is 12.2. The highest BCUT2D eigenvalue weighted by Crippen LogP contribution is 2.42. The van der Waals surface area contributed by atoms with Crippen molar-refractivity contribution >= 4 is 28.9 Å². The van der Waals surface area contributed by atoms with Gasteiger partial charge >= 0.3 is 5.97 Å². The van der Waals surface area contributed by atoms with Crippen LogP contribution in [0.4, 0.5) is 0 Å². The number of halogens is 1. The summed E-state index contributed by atoms with van der Waals surface area (Å²) in [7, 11) is 0. The van der Waals surface area contributed by atoms with Crippen LogP contribution in [0.25, 0.3) is 0 Å². The zero-order valence-electron chi connectivity index (χ0n) is 17.7. The first-order valence-corrected chi connectivity index (χ1v) is 12.5. The topological polar surface area (TPSA) is 66.8 Å². The second kappa shape index (κ2) is 13.6. The lowest BCUT2D eigenvalue weighted by Gasteiger charge is -2.23. The number of aliphatic hydroxyl groups is 2. The maximum absolute atomic E-state index is 11.8. The summed E-state index contributed by atoms with van der Waals surface area (Å²) in [5, 5.41) is 19.3. The van der Waals surface area contributed by atoms with Crippen LogP contribution in [0.5, 0.6) is 0 Å². The largest absolute Gasteiger partial charge is 0.459 e. The van der Waals surface area contributed by atoms with E-state index in [4.69, 9.17) is 21.4 Å². The summed E-state index contributed by atoms with van der Waals surface area (Å²) in [5.74, 6) is 0.348. The second-order valence-corrected chi connectivity index (χ2v) is 9.95. The van der Waals surface area contributed by atoms with Crippen LogP contribution >= 0.6 is 22.9 Å². The number of hydrogen-bond donors (Lipinski definition) is 2. The molecule has 2 N–H and O–H groups in total. The van der Waals surface area contributed by atoms with Gasteiger partial charge in [-0.05, 0) is 56.1 Å². The van der Waals surface area contributed by atoms with E-state index in [0.717, 1.165) is 30.6 Å². The average Bonchev–Trinajstić information content (AvgIpc) is 3.28. The molecule has 0 radical (unpaired) electrons. The van der Waals surface area contributed by atoms with Crippen molar-refractivity contribution in [1.29, 1.82) is 0 Å². The highest BCUT2D eigenvalue weighted by molar-refractivity contribution is 7.13. The van der Waals surface area contributed by atoms with E-state index in [-0.39, 0.29) is 30.7 Å². The van der Waals surface area contributed by atoms with E-state index < -0.39 is 0 Å². The predicted octanol–water partition coefficient (Wildman–Crippen LogP) is 5.57. The molecule has 166 valence electrons. The minimum Gasteiger partial charge on any atom is -0.459 e. The van der Waals surface area contributed by atoms with Crippen LogP contribution in [0.3, 0.4) is 0 Å². The number of aliphatic hydroxyl groups excluding tert-OH is 2. The summed E-state index contributed by atoms with van der Waals surface area (Å²) < 4.78 is 4.96. The summed E-state index contributed by atoms with van der Waals surface area (Å²) in [6, 6.07) is 3.78. The van der Waals surface area contributed by atoms with E-state index >= 15 is 0 Å². The van der Waals surface area contributed by atoms with E-state index in [1.54, 1.807) is 6.07 Å². The van der Waals surface area contributed by atoms with E-state index in [1.807, 2.05) is 6.07 Å². The zero-order chi connectivity index (χ0) is 21.1. The molecule has 0 amide bonds. The van der Waals surface area contributed by atoms with Crippen molar-refractivity contribution < 1.29 is 19.7 Å². The lowest BCUT2D eigenvalue weighted by molar-refractivity contribution is 0.0439. The monoisotopic (exact) mass is 444 g/mol. The molecule has 4 nitrogen and oxygen atoms in total. The van der Waals surface area contributed by atoms with Gasteiger partial charge in [0.2, 0.25) is 0 Å². The molecule has 29 heavy (non-hydrogen) atoms. The fourth-order valence-electron chi connectivity index (χ4n) is 4.44. The number of thiophene rings is 1. The van der Waals surface area contributed by atoms with Gasteiger partial charge in [-0.15, -0.1) is 22.9 Å². The molecule has 1 heterocycles. The van der Waals surface area contributed by atoms with Gasteiger partial charge in [0.15, 0.2) is 0 Å². The highest BCUT2D eigenvalue weighted by atomic mass is 35.5. The lowest BCUT2D eigenvalue weighted by atomic mass is 9.85. The molecule has 2 rings (SSSR count). The van der Waals surface area contributed by atoms with Crippen LogP contribution in [-0.4, -0.2) is 40.9 Å². The lowest BCUT2D eigenvalue weighted by Crippen LogP contribution is -2.21. The molecule has 0 bridgehead atoms. The van der Waals surface area contributed by atoms with Gasteiger partial charge in [-0.2, -0.15) is 0 Å². The molecule has 1 aliphatic rings. The Kier molecular flexibility index (Phi) is 11.6. The summed E-state index contributed by atoms with van der Waals surface area (Å²) in [5.41, 5.74) is 0. The molecule has 2 unspecified atom stereocenters. The first kappa shape index (κ1) is 24.6. The number of carbonyl (C=O) groups excluding carboxylic acids is 1. The molecule has 0 aliphatic heterocycles. The molecule has 0 saturated heterocycles. The first-order valence-electron chi connectivity index (χ1n) is 11.3. The number of unbranched alkanes of at least 4 members (excludes halogenated alkanes) is 5. The maximum Gasteiger partial charge on any atom is 0.348 e. The van der Waals surface area contributed by atoms with Crippen LogP contribution in [0.1, 0.15) is 85.7 Å². The SMILES string of the molecule is CCCCCCCCC1[C@@H](CCCc2ccc(C(=O)OCCO)s2)C(Cl)C[C@H]1O. The normalized spacial score (nSPS) is 24.1. The number of hydrogen-bond acceptors (Lipinski definition) is 5. The number of ether oxygens (including phenoxy) is 1. The minimum absolute atomic E-state index is 0.0349. The predicted molar refractivity (Wildman–Crippen MR) is 120 cm³/mol. The van der Waals surface area contributed by atoms with Crippen molar-refractivity contribution in [2.45, 2.75) is 89.0 Å². The van der Waals surface area contributed by atoms with Gasteiger partial charge in [0.05, 0.1) is 12.7 Å². The van der Waals surface area contributed by atoms with E-state index in [1.165, 1.54) is 49.9 Å². The molecule has 1 saturated carbocycles. The number of carbonyl (C=O) groups is 1. The van der Waals surface area contributed by atoms with Gasteiger partial charge in [0.1, 0.15) is 11.5 Å². The molecule has 4 atom stereocenters. The summed E-state index contributed by atoms with van der Waals surface area (Å²) in [6.45, 7) is 2.12. The Balaban J connectivity index is 1.74. The molecule has 1 aromatic rings. The molecule has 6 heteroatoms. The van der Waals surface area contributed by atoms with Crippen LogP contribution in [0.15, 0.2) is 12.1 Å². The van der Waals surface area contributed by atoms with Gasteiger partial charge in [-0.25, -0.2) is 4.79 Å². The zero-order valence-corrected chi connectivity index (χ0v) is 19.2. The van der Waals surface area contributed by atoms with Crippen LogP contribution in [0.2, 0.25) is 0 Å². The van der Waals surface area contributed by atoms with Gasteiger partial charge in [0.25, 0.3) is 0 Å². The van der Waals surface area contributed by atoms with Crippen molar-refractivity contribution in [3.05, 3.63) is 21.9 Å². The molecular formula is C23H37ClO4S. The first-order chi connectivity index (χ1) is 14.1. The Morgan fingerprint density at radius 3 is 2.62 bits per heavy atom. The fraction of sp³-hybridized carbons (Fsp3) is 0.783. The van der Waals surface area contributed by atoms with Crippen molar-refractivity contribution in [1.82, 2.24) is 0 Å². The Morgan fingerprint density at radius 1 is 1.14 bits per heavy atom. The third-order valence-electron chi connectivity index (χ3n) is 6.01. The Labute approximate surface area is 184 Å². The molecule has 0 spiro atoms. The smallest absolute Gasteiger partial charge is 0.348 e. The van der Waals surface area contributed by atoms with Crippen molar-refractivity contribution in [3.8, 4) is 0 Å². The summed E-state index contributed by atoms with van der Waals surface area (Å²) >= 11 is 8.05. The Morgan fingerprint density at radius 2 is 1.86 bits per heavy atom. The number of alkyl halides is 1. The number of rotatable bonds is 14. The fourth-order valence-corrected chi connectivity index (χ4v) is 5.88. The minimum atomic E-state index is -0.367. The Hall–Kier alpha value is -0.620. The summed E-state index contributed by atoms with van der Waals surface area (Å²) in [4.78, 5) is 13.6. The number of esters is 1. The molecule has 1 aromatic heterocycles. The number of aryl methyl sites for hydroxylation is 1.